The summed E-state index contributed by atoms with van der Waals surface area (Å²) in [7, 11) is 0. The van der Waals surface area contributed by atoms with Crippen LogP contribution in [-0.4, -0.2) is 52.5 Å². The molecule has 0 radical (unpaired) electrons. The molecule has 3 aliphatic rings. The summed E-state index contributed by atoms with van der Waals surface area (Å²) >= 11 is 16.1. The van der Waals surface area contributed by atoms with E-state index in [1.54, 1.807) is 6.07 Å². The van der Waals surface area contributed by atoms with Crippen molar-refractivity contribution >= 4 is 68.5 Å². The zero-order valence-electron chi connectivity index (χ0n) is 16.9. The average Bonchev–Trinajstić information content (AvgIpc) is 3.33. The van der Waals surface area contributed by atoms with Gasteiger partial charge in [-0.15, -0.1) is 23.2 Å². The smallest absolute Gasteiger partial charge is 0.326 e. The van der Waals surface area contributed by atoms with Gasteiger partial charge in [0.05, 0.1) is 22.6 Å². The van der Waals surface area contributed by atoms with Crippen molar-refractivity contribution in [3.05, 3.63) is 27.7 Å². The number of anilines is 1. The molecule has 166 valence electrons. The van der Waals surface area contributed by atoms with Gasteiger partial charge in [-0.1, -0.05) is 15.9 Å². The van der Waals surface area contributed by atoms with E-state index in [0.29, 0.717) is 12.1 Å². The Kier molecular flexibility index (Phi) is 6.09. The SMILES string of the molecule is Cc1c(Br)ccc(NC(=O)COC(=O)CN2C(=O)[C@@H]3[C@H]4C[C@@H]([C@@H](Cl)[C@H]4Cl)[C@H]3C2=O)c1C. The molecule has 3 fully saturated rings. The van der Waals surface area contributed by atoms with E-state index in [0.717, 1.165) is 20.5 Å². The van der Waals surface area contributed by atoms with E-state index in [2.05, 4.69) is 21.2 Å². The lowest BCUT2D eigenvalue weighted by Crippen LogP contribution is -2.38. The van der Waals surface area contributed by atoms with Crippen LogP contribution in [0, 0.1) is 37.5 Å². The highest BCUT2D eigenvalue weighted by atomic mass is 79.9. The molecular formula is C21H21BrCl2N2O5. The average molecular weight is 532 g/mol. The summed E-state index contributed by atoms with van der Waals surface area (Å²) in [5.41, 5.74) is 2.48. The molecule has 31 heavy (non-hydrogen) atoms. The zero-order chi connectivity index (χ0) is 22.6. The van der Waals surface area contributed by atoms with Crippen LogP contribution < -0.4 is 5.32 Å². The summed E-state index contributed by atoms with van der Waals surface area (Å²) in [5.74, 6) is -3.48. The summed E-state index contributed by atoms with van der Waals surface area (Å²) in [6.07, 6.45) is 0.655. The number of amides is 3. The van der Waals surface area contributed by atoms with E-state index >= 15 is 0 Å². The van der Waals surface area contributed by atoms with Crippen LogP contribution in [0.25, 0.3) is 0 Å². The van der Waals surface area contributed by atoms with Gasteiger partial charge in [0, 0.05) is 10.2 Å². The van der Waals surface area contributed by atoms with Crippen molar-refractivity contribution in [3.8, 4) is 0 Å². The molecule has 6 atom stereocenters. The first-order valence-corrected chi connectivity index (χ1v) is 11.6. The third-order valence-corrected chi connectivity index (χ3v) is 8.90. The Morgan fingerprint density at radius 3 is 2.26 bits per heavy atom. The molecule has 0 unspecified atom stereocenters. The Morgan fingerprint density at radius 2 is 1.68 bits per heavy atom. The first-order valence-electron chi connectivity index (χ1n) is 9.96. The highest BCUT2D eigenvalue weighted by Gasteiger charge is 2.66. The number of benzene rings is 1. The third-order valence-electron chi connectivity index (χ3n) is 6.73. The van der Waals surface area contributed by atoms with Gasteiger partial charge in [-0.3, -0.25) is 24.1 Å². The fourth-order valence-electron chi connectivity index (χ4n) is 5.00. The molecule has 1 aromatic carbocycles. The molecule has 10 heteroatoms. The van der Waals surface area contributed by atoms with Crippen molar-refractivity contribution in [3.63, 3.8) is 0 Å². The van der Waals surface area contributed by atoms with Crippen molar-refractivity contribution < 1.29 is 23.9 Å². The van der Waals surface area contributed by atoms with Crippen molar-refractivity contribution in [1.82, 2.24) is 4.90 Å². The molecule has 1 saturated heterocycles. The molecule has 4 rings (SSSR count). The minimum Gasteiger partial charge on any atom is -0.454 e. The predicted molar refractivity (Wildman–Crippen MR) is 118 cm³/mol. The number of nitrogens with one attached hydrogen (secondary N) is 1. The van der Waals surface area contributed by atoms with Crippen molar-refractivity contribution in [2.24, 2.45) is 23.7 Å². The van der Waals surface area contributed by atoms with Gasteiger partial charge in [-0.25, -0.2) is 0 Å². The minimum absolute atomic E-state index is 0.153. The number of rotatable bonds is 5. The van der Waals surface area contributed by atoms with Gasteiger partial charge in [0.2, 0.25) is 11.8 Å². The molecular weight excluding hydrogens is 511 g/mol. The van der Waals surface area contributed by atoms with E-state index in [1.165, 1.54) is 0 Å². The van der Waals surface area contributed by atoms with Gasteiger partial charge >= 0.3 is 5.97 Å². The lowest BCUT2D eigenvalue weighted by molar-refractivity contribution is -0.154. The number of esters is 1. The van der Waals surface area contributed by atoms with E-state index < -0.39 is 48.7 Å². The maximum atomic E-state index is 12.8. The summed E-state index contributed by atoms with van der Waals surface area (Å²) in [4.78, 5) is 50.9. The molecule has 3 amide bonds. The molecule has 7 nitrogen and oxygen atoms in total. The highest BCUT2D eigenvalue weighted by Crippen LogP contribution is 2.59. The fourth-order valence-corrected chi connectivity index (χ4v) is 6.32. The summed E-state index contributed by atoms with van der Waals surface area (Å²) < 4.78 is 5.93. The van der Waals surface area contributed by atoms with Gasteiger partial charge in [-0.2, -0.15) is 0 Å². The van der Waals surface area contributed by atoms with Crippen molar-refractivity contribution in [2.45, 2.75) is 31.0 Å². The first kappa shape index (κ1) is 22.6. The Hall–Kier alpha value is -1.64. The van der Waals surface area contributed by atoms with Gasteiger partial charge in [0.15, 0.2) is 6.61 Å². The highest BCUT2D eigenvalue weighted by molar-refractivity contribution is 9.10. The number of hydrogen-bond donors (Lipinski definition) is 1. The normalized spacial score (nSPS) is 31.2. The molecule has 2 bridgehead atoms. The largest absolute Gasteiger partial charge is 0.454 e. The Morgan fingerprint density at radius 1 is 1.10 bits per heavy atom. The van der Waals surface area contributed by atoms with Crippen LogP contribution >= 0.6 is 39.1 Å². The topological polar surface area (TPSA) is 92.8 Å². The number of alkyl halides is 2. The van der Waals surface area contributed by atoms with E-state index in [9.17, 15) is 19.2 Å². The molecule has 1 N–H and O–H groups in total. The number of ether oxygens (including phenoxy) is 1. The second-order valence-electron chi connectivity index (χ2n) is 8.32. The van der Waals surface area contributed by atoms with Crippen LogP contribution in [0.3, 0.4) is 0 Å². The Labute approximate surface area is 197 Å². The molecule has 0 spiro atoms. The Bertz CT molecular complexity index is 955. The number of fused-ring (bicyclic) bond motifs is 5. The van der Waals surface area contributed by atoms with Crippen molar-refractivity contribution in [1.29, 1.82) is 0 Å². The minimum atomic E-state index is -0.822. The van der Waals surface area contributed by atoms with Crippen LogP contribution in [-0.2, 0) is 23.9 Å². The van der Waals surface area contributed by atoms with Gasteiger partial charge in [0.1, 0.15) is 6.54 Å². The second-order valence-corrected chi connectivity index (χ2v) is 10.2. The number of carbonyl (C=O) groups excluding carboxylic acids is 4. The monoisotopic (exact) mass is 530 g/mol. The summed E-state index contributed by atoms with van der Waals surface area (Å²) in [6.45, 7) is 2.75. The first-order chi connectivity index (χ1) is 14.6. The summed E-state index contributed by atoms with van der Waals surface area (Å²) in [5, 5.41) is 1.98. The van der Waals surface area contributed by atoms with Crippen LogP contribution in [0.4, 0.5) is 5.69 Å². The maximum absolute atomic E-state index is 12.8. The van der Waals surface area contributed by atoms with Crippen LogP contribution in [0.2, 0.25) is 0 Å². The fraction of sp³-hybridized carbons (Fsp3) is 0.524. The Balaban J connectivity index is 1.33. The van der Waals surface area contributed by atoms with Gasteiger partial charge in [0.25, 0.3) is 5.91 Å². The van der Waals surface area contributed by atoms with E-state index in [-0.39, 0.29) is 22.6 Å². The molecule has 1 aromatic rings. The van der Waals surface area contributed by atoms with E-state index in [4.69, 9.17) is 27.9 Å². The molecule has 2 aliphatic carbocycles. The third kappa shape index (κ3) is 3.76. The number of likely N-dealkylation sites (tertiary alicyclic amines) is 1. The van der Waals surface area contributed by atoms with Crippen LogP contribution in [0.1, 0.15) is 17.5 Å². The maximum Gasteiger partial charge on any atom is 0.326 e. The number of halogens is 3. The second kappa shape index (κ2) is 8.37. The van der Waals surface area contributed by atoms with Gasteiger partial charge in [-0.05, 0) is 55.4 Å². The summed E-state index contributed by atoms with van der Waals surface area (Å²) in [6, 6.07) is 3.56. The molecule has 1 aliphatic heterocycles. The molecule has 2 saturated carbocycles. The number of imide groups is 1. The number of carbonyl (C=O) groups is 4. The number of nitrogens with zero attached hydrogens (tertiary/aromatic N) is 1. The van der Waals surface area contributed by atoms with Crippen molar-refractivity contribution in [2.75, 3.05) is 18.5 Å². The molecule has 0 aromatic heterocycles. The zero-order valence-corrected chi connectivity index (χ0v) is 20.0. The lowest BCUT2D eigenvalue weighted by Gasteiger charge is -2.28. The quantitative estimate of drug-likeness (QED) is 0.358. The lowest BCUT2D eigenvalue weighted by atomic mass is 9.80. The molecule has 1 heterocycles. The van der Waals surface area contributed by atoms with E-state index in [1.807, 2.05) is 19.9 Å². The predicted octanol–water partition coefficient (Wildman–Crippen LogP) is 3.01. The standard InChI is InChI=1S/C21H21BrCl2N2O5/c1-8-9(2)13(4-3-12(8)22)25-14(27)7-31-15(28)6-26-20(29)16-10-5-11(17(16)21(26)30)19(24)18(10)23/h3-4,10-11,16-19H,5-7H2,1-2H3,(H,25,27)/t10-,11-,16-,17-,18-,19+/m1/s1. The van der Waals surface area contributed by atoms with Gasteiger partial charge < -0.3 is 10.1 Å². The number of hydrogen-bond acceptors (Lipinski definition) is 5. The van der Waals surface area contributed by atoms with Crippen LogP contribution in [0.15, 0.2) is 16.6 Å². The van der Waals surface area contributed by atoms with Crippen LogP contribution in [0.5, 0.6) is 0 Å².